The molecule has 0 amide bonds. The van der Waals surface area contributed by atoms with E-state index in [9.17, 15) is 4.79 Å². The van der Waals surface area contributed by atoms with Crippen LogP contribution in [0.5, 0.6) is 0 Å². The van der Waals surface area contributed by atoms with E-state index in [1.54, 1.807) is 0 Å². The highest BCUT2D eigenvalue weighted by Gasteiger charge is 2.14. The molecule has 1 aromatic rings. The number of aryl methyl sites for hydroxylation is 1. The number of anilines is 1. The lowest BCUT2D eigenvalue weighted by Gasteiger charge is -2.00. The number of carbonyl (C=O) groups excluding carboxylic acids is 1. The molecule has 0 saturated carbocycles. The summed E-state index contributed by atoms with van der Waals surface area (Å²) in [5.74, 6) is -0.297. The van der Waals surface area contributed by atoms with Gasteiger partial charge in [-0.05, 0) is 18.9 Å². The van der Waals surface area contributed by atoms with E-state index in [1.165, 1.54) is 11.3 Å². The van der Waals surface area contributed by atoms with Crippen LogP contribution in [0.1, 0.15) is 34.8 Å². The lowest BCUT2D eigenvalue weighted by Crippen LogP contribution is -2.05. The standard InChI is InChI=1S/C10H15NO2S/c1-3-5-13-10(12)9-8(11)6-7(4-2)14-9/h6H,3-5,11H2,1-2H3. The van der Waals surface area contributed by atoms with E-state index >= 15 is 0 Å². The van der Waals surface area contributed by atoms with Crippen LogP contribution in [0.2, 0.25) is 0 Å². The first-order valence-electron chi connectivity index (χ1n) is 4.74. The normalized spacial score (nSPS) is 10.1. The molecule has 3 nitrogen and oxygen atoms in total. The summed E-state index contributed by atoms with van der Waals surface area (Å²) in [6.45, 7) is 4.45. The van der Waals surface area contributed by atoms with Gasteiger partial charge in [-0.1, -0.05) is 13.8 Å². The molecule has 1 rings (SSSR count). The van der Waals surface area contributed by atoms with Crippen molar-refractivity contribution in [1.82, 2.24) is 0 Å². The molecule has 0 fully saturated rings. The van der Waals surface area contributed by atoms with Crippen molar-refractivity contribution >= 4 is 23.0 Å². The molecule has 0 aliphatic carbocycles. The Morgan fingerprint density at radius 2 is 2.29 bits per heavy atom. The molecule has 1 aromatic heterocycles. The van der Waals surface area contributed by atoms with E-state index in [0.29, 0.717) is 17.2 Å². The number of hydrogen-bond donors (Lipinski definition) is 1. The van der Waals surface area contributed by atoms with Crippen LogP contribution in [0.3, 0.4) is 0 Å². The molecule has 1 heterocycles. The lowest BCUT2D eigenvalue weighted by molar-refractivity contribution is 0.0512. The summed E-state index contributed by atoms with van der Waals surface area (Å²) in [5, 5.41) is 0. The number of carbonyl (C=O) groups is 1. The predicted octanol–water partition coefficient (Wildman–Crippen LogP) is 2.46. The van der Waals surface area contributed by atoms with Gasteiger partial charge in [0, 0.05) is 4.88 Å². The summed E-state index contributed by atoms with van der Waals surface area (Å²) in [5.41, 5.74) is 6.23. The Kier molecular flexibility index (Phi) is 3.95. The van der Waals surface area contributed by atoms with Crippen LogP contribution in [0.25, 0.3) is 0 Å². The Morgan fingerprint density at radius 3 is 2.79 bits per heavy atom. The average molecular weight is 213 g/mol. The summed E-state index contributed by atoms with van der Waals surface area (Å²) >= 11 is 1.42. The number of thiophene rings is 1. The topological polar surface area (TPSA) is 52.3 Å². The molecule has 0 aliphatic heterocycles. The minimum atomic E-state index is -0.297. The average Bonchev–Trinajstić information content (AvgIpc) is 2.56. The van der Waals surface area contributed by atoms with Gasteiger partial charge in [0.25, 0.3) is 0 Å². The van der Waals surface area contributed by atoms with E-state index < -0.39 is 0 Å². The number of nitrogen functional groups attached to an aromatic ring is 1. The molecule has 0 saturated heterocycles. The third-order valence-electron chi connectivity index (χ3n) is 1.78. The van der Waals surface area contributed by atoms with Crippen LogP contribution in [0.15, 0.2) is 6.07 Å². The Bertz CT molecular complexity index is 320. The third kappa shape index (κ3) is 2.48. The van der Waals surface area contributed by atoms with Crippen LogP contribution >= 0.6 is 11.3 Å². The second-order valence-electron chi connectivity index (χ2n) is 2.99. The number of hydrogen-bond acceptors (Lipinski definition) is 4. The van der Waals surface area contributed by atoms with Crippen LogP contribution in [-0.2, 0) is 11.2 Å². The zero-order valence-electron chi connectivity index (χ0n) is 8.50. The Hall–Kier alpha value is -1.03. The first kappa shape index (κ1) is 11.0. The van der Waals surface area contributed by atoms with Gasteiger partial charge in [-0.3, -0.25) is 0 Å². The highest BCUT2D eigenvalue weighted by atomic mass is 32.1. The maximum atomic E-state index is 11.5. The fourth-order valence-electron chi connectivity index (χ4n) is 1.05. The van der Waals surface area contributed by atoms with E-state index in [-0.39, 0.29) is 5.97 Å². The molecule has 78 valence electrons. The highest BCUT2D eigenvalue weighted by Crippen LogP contribution is 2.25. The zero-order chi connectivity index (χ0) is 10.6. The Morgan fingerprint density at radius 1 is 1.57 bits per heavy atom. The van der Waals surface area contributed by atoms with E-state index in [0.717, 1.165) is 17.7 Å². The van der Waals surface area contributed by atoms with E-state index in [2.05, 4.69) is 0 Å². The summed E-state index contributed by atoms with van der Waals surface area (Å²) < 4.78 is 5.01. The summed E-state index contributed by atoms with van der Waals surface area (Å²) in [4.78, 5) is 13.1. The van der Waals surface area contributed by atoms with Crippen molar-refractivity contribution in [3.05, 3.63) is 15.8 Å². The monoisotopic (exact) mass is 213 g/mol. The molecule has 0 atom stereocenters. The molecule has 0 aromatic carbocycles. The van der Waals surface area contributed by atoms with Crippen LogP contribution in [0, 0.1) is 0 Å². The van der Waals surface area contributed by atoms with Crippen molar-refractivity contribution in [2.75, 3.05) is 12.3 Å². The number of esters is 1. The van der Waals surface area contributed by atoms with Gasteiger partial charge < -0.3 is 10.5 Å². The first-order valence-corrected chi connectivity index (χ1v) is 5.56. The van der Waals surface area contributed by atoms with Crippen molar-refractivity contribution in [3.63, 3.8) is 0 Å². The molecule has 2 N–H and O–H groups in total. The second kappa shape index (κ2) is 5.00. The molecule has 0 spiro atoms. The largest absolute Gasteiger partial charge is 0.461 e. The van der Waals surface area contributed by atoms with Crippen molar-refractivity contribution in [1.29, 1.82) is 0 Å². The molecule has 0 aliphatic rings. The van der Waals surface area contributed by atoms with Crippen molar-refractivity contribution in [2.45, 2.75) is 26.7 Å². The second-order valence-corrected chi connectivity index (χ2v) is 4.12. The van der Waals surface area contributed by atoms with Crippen LogP contribution in [-0.4, -0.2) is 12.6 Å². The van der Waals surface area contributed by atoms with Crippen molar-refractivity contribution in [2.24, 2.45) is 0 Å². The minimum Gasteiger partial charge on any atom is -0.461 e. The fraction of sp³-hybridized carbons (Fsp3) is 0.500. The molecular formula is C10H15NO2S. The molecule has 14 heavy (non-hydrogen) atoms. The van der Waals surface area contributed by atoms with Crippen molar-refractivity contribution < 1.29 is 9.53 Å². The first-order chi connectivity index (χ1) is 6.69. The SMILES string of the molecule is CCCOC(=O)c1sc(CC)cc1N. The van der Waals surface area contributed by atoms with Gasteiger partial charge in [-0.2, -0.15) is 0 Å². The van der Waals surface area contributed by atoms with Gasteiger partial charge in [0.2, 0.25) is 0 Å². The number of rotatable bonds is 4. The smallest absolute Gasteiger partial charge is 0.350 e. The molecule has 4 heteroatoms. The molecular weight excluding hydrogens is 198 g/mol. The van der Waals surface area contributed by atoms with E-state index in [1.807, 2.05) is 19.9 Å². The molecule has 0 unspecified atom stereocenters. The van der Waals surface area contributed by atoms with Crippen LogP contribution in [0.4, 0.5) is 5.69 Å². The summed E-state index contributed by atoms with van der Waals surface area (Å²) in [6, 6.07) is 1.84. The number of nitrogens with two attached hydrogens (primary N) is 1. The van der Waals surface area contributed by atoms with Gasteiger partial charge in [0.1, 0.15) is 4.88 Å². The maximum absolute atomic E-state index is 11.5. The lowest BCUT2D eigenvalue weighted by atomic mass is 10.3. The quantitative estimate of drug-likeness (QED) is 0.782. The third-order valence-corrected chi connectivity index (χ3v) is 3.06. The number of ether oxygens (including phenoxy) is 1. The molecule has 0 bridgehead atoms. The van der Waals surface area contributed by atoms with Gasteiger partial charge >= 0.3 is 5.97 Å². The Labute approximate surface area is 87.9 Å². The summed E-state index contributed by atoms with van der Waals surface area (Å²) in [7, 11) is 0. The highest BCUT2D eigenvalue weighted by molar-refractivity contribution is 7.14. The van der Waals surface area contributed by atoms with Crippen molar-refractivity contribution in [3.8, 4) is 0 Å². The van der Waals surface area contributed by atoms with Gasteiger partial charge in [-0.25, -0.2) is 4.79 Å². The Balaban J connectivity index is 2.73. The zero-order valence-corrected chi connectivity index (χ0v) is 9.32. The maximum Gasteiger partial charge on any atom is 0.350 e. The van der Waals surface area contributed by atoms with E-state index in [4.69, 9.17) is 10.5 Å². The minimum absolute atomic E-state index is 0.297. The predicted molar refractivity (Wildman–Crippen MR) is 58.7 cm³/mol. The fourth-order valence-corrected chi connectivity index (χ4v) is 1.96. The van der Waals surface area contributed by atoms with Gasteiger partial charge in [-0.15, -0.1) is 11.3 Å². The molecule has 0 radical (unpaired) electrons. The summed E-state index contributed by atoms with van der Waals surface area (Å²) in [6.07, 6.45) is 1.73. The van der Waals surface area contributed by atoms with Crippen LogP contribution < -0.4 is 5.73 Å². The van der Waals surface area contributed by atoms with Gasteiger partial charge in [0.15, 0.2) is 0 Å². The van der Waals surface area contributed by atoms with Gasteiger partial charge in [0.05, 0.1) is 12.3 Å².